The van der Waals surface area contributed by atoms with Crippen LogP contribution in [0.15, 0.2) is 30.6 Å². The van der Waals surface area contributed by atoms with Gasteiger partial charge in [-0.05, 0) is 17.0 Å². The van der Waals surface area contributed by atoms with E-state index in [4.69, 9.17) is 10.5 Å². The second kappa shape index (κ2) is 5.49. The van der Waals surface area contributed by atoms with Gasteiger partial charge in [0.05, 0.1) is 25.2 Å². The molecule has 0 saturated carbocycles. The first kappa shape index (κ1) is 14.3. The average Bonchev–Trinajstić information content (AvgIpc) is 2.40. The van der Waals surface area contributed by atoms with Crippen LogP contribution in [0.3, 0.4) is 0 Å². The van der Waals surface area contributed by atoms with Crippen molar-refractivity contribution in [1.82, 2.24) is 9.97 Å². The molecule has 4 heteroatoms. The van der Waals surface area contributed by atoms with Gasteiger partial charge in [0.15, 0.2) is 0 Å². The highest BCUT2D eigenvalue weighted by atomic mass is 16.5. The number of methoxy groups -OCH3 is 1. The van der Waals surface area contributed by atoms with Gasteiger partial charge in [-0.1, -0.05) is 32.9 Å². The Morgan fingerprint density at radius 3 is 2.35 bits per heavy atom. The zero-order valence-electron chi connectivity index (χ0n) is 12.5. The van der Waals surface area contributed by atoms with Gasteiger partial charge >= 0.3 is 0 Å². The second-order valence-corrected chi connectivity index (χ2v) is 5.89. The van der Waals surface area contributed by atoms with Crippen LogP contribution >= 0.6 is 0 Å². The summed E-state index contributed by atoms with van der Waals surface area (Å²) in [6.45, 7) is 6.58. The number of anilines is 1. The molecule has 4 nitrogen and oxygen atoms in total. The van der Waals surface area contributed by atoms with Crippen LogP contribution in [0.4, 0.5) is 5.69 Å². The van der Waals surface area contributed by atoms with Gasteiger partial charge in [0, 0.05) is 12.0 Å². The van der Waals surface area contributed by atoms with Crippen LogP contribution < -0.4 is 10.5 Å². The van der Waals surface area contributed by atoms with Gasteiger partial charge in [-0.25, -0.2) is 9.97 Å². The van der Waals surface area contributed by atoms with E-state index in [2.05, 4.69) is 42.9 Å². The monoisotopic (exact) mass is 271 g/mol. The fourth-order valence-corrected chi connectivity index (χ4v) is 2.01. The van der Waals surface area contributed by atoms with E-state index in [-0.39, 0.29) is 5.41 Å². The third-order valence-electron chi connectivity index (χ3n) is 3.22. The summed E-state index contributed by atoms with van der Waals surface area (Å²) in [5.41, 5.74) is 8.64. The smallest absolute Gasteiger partial charge is 0.132 e. The summed E-state index contributed by atoms with van der Waals surface area (Å²) >= 11 is 0. The van der Waals surface area contributed by atoms with E-state index in [1.807, 2.05) is 6.07 Å². The van der Waals surface area contributed by atoms with Crippen LogP contribution in [0.2, 0.25) is 0 Å². The van der Waals surface area contributed by atoms with Crippen molar-refractivity contribution >= 4 is 5.69 Å². The highest BCUT2D eigenvalue weighted by Crippen LogP contribution is 2.28. The summed E-state index contributed by atoms with van der Waals surface area (Å²) in [5.74, 6) is 1.60. The van der Waals surface area contributed by atoms with Crippen molar-refractivity contribution < 1.29 is 4.74 Å². The van der Waals surface area contributed by atoms with Gasteiger partial charge in [-0.2, -0.15) is 0 Å². The normalized spacial score (nSPS) is 11.4. The van der Waals surface area contributed by atoms with Crippen LogP contribution in [-0.4, -0.2) is 17.1 Å². The number of ether oxygens (including phenoxy) is 1. The maximum absolute atomic E-state index is 5.61. The molecule has 2 rings (SSSR count). The molecular formula is C16H21N3O. The topological polar surface area (TPSA) is 61.0 Å². The molecule has 1 aromatic carbocycles. The Morgan fingerprint density at radius 2 is 1.80 bits per heavy atom. The van der Waals surface area contributed by atoms with Crippen LogP contribution in [0.5, 0.6) is 5.75 Å². The molecule has 0 fully saturated rings. The SMILES string of the molecule is COc1ccc(C(C)(C)C)cc1Cc1ncc(N)cn1. The molecule has 0 aliphatic rings. The zero-order valence-corrected chi connectivity index (χ0v) is 12.5. The van der Waals surface area contributed by atoms with Gasteiger partial charge in [0.1, 0.15) is 11.6 Å². The number of aromatic nitrogens is 2. The van der Waals surface area contributed by atoms with Crippen molar-refractivity contribution in [3.63, 3.8) is 0 Å². The van der Waals surface area contributed by atoms with Crippen molar-refractivity contribution in [2.45, 2.75) is 32.6 Å². The first-order valence-electron chi connectivity index (χ1n) is 6.64. The largest absolute Gasteiger partial charge is 0.496 e. The van der Waals surface area contributed by atoms with Crippen molar-refractivity contribution in [2.75, 3.05) is 12.8 Å². The molecule has 0 unspecified atom stereocenters. The Labute approximate surface area is 120 Å². The van der Waals surface area contributed by atoms with Crippen LogP contribution in [0.25, 0.3) is 0 Å². The molecule has 1 aromatic heterocycles. The quantitative estimate of drug-likeness (QED) is 0.932. The molecule has 2 N–H and O–H groups in total. The van der Waals surface area contributed by atoms with Crippen LogP contribution in [0.1, 0.15) is 37.7 Å². The third kappa shape index (κ3) is 3.26. The van der Waals surface area contributed by atoms with Crippen LogP contribution in [-0.2, 0) is 11.8 Å². The maximum atomic E-state index is 5.61. The molecule has 1 heterocycles. The lowest BCUT2D eigenvalue weighted by molar-refractivity contribution is 0.409. The van der Waals surface area contributed by atoms with Gasteiger partial charge in [-0.15, -0.1) is 0 Å². The summed E-state index contributed by atoms with van der Waals surface area (Å²) in [4.78, 5) is 8.50. The van der Waals surface area contributed by atoms with Gasteiger partial charge in [0.2, 0.25) is 0 Å². The molecule has 2 aromatic rings. The van der Waals surface area contributed by atoms with E-state index in [9.17, 15) is 0 Å². The van der Waals surface area contributed by atoms with E-state index in [0.717, 1.165) is 17.1 Å². The minimum absolute atomic E-state index is 0.100. The highest BCUT2D eigenvalue weighted by Gasteiger charge is 2.16. The van der Waals surface area contributed by atoms with Crippen LogP contribution in [0, 0.1) is 0 Å². The molecule has 0 radical (unpaired) electrons. The van der Waals surface area contributed by atoms with Gasteiger partial charge in [-0.3, -0.25) is 0 Å². The molecule has 0 bridgehead atoms. The van der Waals surface area contributed by atoms with Crippen molar-refractivity contribution in [2.24, 2.45) is 0 Å². The Bertz CT molecular complexity index is 586. The van der Waals surface area contributed by atoms with Gasteiger partial charge in [0.25, 0.3) is 0 Å². The fourth-order valence-electron chi connectivity index (χ4n) is 2.01. The summed E-state index contributed by atoms with van der Waals surface area (Å²) in [5, 5.41) is 0. The van der Waals surface area contributed by atoms with E-state index in [0.29, 0.717) is 12.1 Å². The summed E-state index contributed by atoms with van der Waals surface area (Å²) in [6.07, 6.45) is 3.89. The van der Waals surface area contributed by atoms with Crippen molar-refractivity contribution in [1.29, 1.82) is 0 Å². The van der Waals surface area contributed by atoms with E-state index in [1.54, 1.807) is 19.5 Å². The first-order valence-corrected chi connectivity index (χ1v) is 6.64. The average molecular weight is 271 g/mol. The lowest BCUT2D eigenvalue weighted by Gasteiger charge is -2.21. The number of rotatable bonds is 3. The number of nitrogens with zero attached hydrogens (tertiary/aromatic N) is 2. The highest BCUT2D eigenvalue weighted by molar-refractivity contribution is 5.41. The summed E-state index contributed by atoms with van der Waals surface area (Å²) in [6, 6.07) is 6.28. The molecule has 0 spiro atoms. The molecule has 0 atom stereocenters. The maximum Gasteiger partial charge on any atom is 0.132 e. The predicted molar refractivity (Wildman–Crippen MR) is 80.9 cm³/mol. The van der Waals surface area contributed by atoms with Gasteiger partial charge < -0.3 is 10.5 Å². The molecule has 0 amide bonds. The lowest BCUT2D eigenvalue weighted by atomic mass is 9.85. The Morgan fingerprint density at radius 1 is 1.15 bits per heavy atom. The number of hydrogen-bond donors (Lipinski definition) is 1. The second-order valence-electron chi connectivity index (χ2n) is 5.89. The minimum Gasteiger partial charge on any atom is -0.496 e. The van der Waals surface area contributed by atoms with E-state index in [1.165, 1.54) is 5.56 Å². The van der Waals surface area contributed by atoms with Crippen molar-refractivity contribution in [3.05, 3.63) is 47.5 Å². The number of benzene rings is 1. The minimum atomic E-state index is 0.100. The lowest BCUT2D eigenvalue weighted by Crippen LogP contribution is -2.12. The van der Waals surface area contributed by atoms with E-state index < -0.39 is 0 Å². The molecule has 20 heavy (non-hydrogen) atoms. The summed E-state index contributed by atoms with van der Waals surface area (Å²) < 4.78 is 5.43. The molecule has 106 valence electrons. The summed E-state index contributed by atoms with van der Waals surface area (Å²) in [7, 11) is 1.68. The number of nitrogens with two attached hydrogens (primary N) is 1. The Kier molecular flexibility index (Phi) is 3.93. The fraction of sp³-hybridized carbons (Fsp3) is 0.375. The molecule has 0 saturated heterocycles. The number of hydrogen-bond acceptors (Lipinski definition) is 4. The molecular weight excluding hydrogens is 250 g/mol. The molecule has 0 aliphatic heterocycles. The standard InChI is InChI=1S/C16H21N3O/c1-16(2,3)12-5-6-14(20-4)11(7-12)8-15-18-9-13(17)10-19-15/h5-7,9-10H,8,17H2,1-4H3. The predicted octanol–water partition coefficient (Wildman–Crippen LogP) is 2.96. The molecule has 0 aliphatic carbocycles. The zero-order chi connectivity index (χ0) is 14.8. The number of nitrogen functional groups attached to an aromatic ring is 1. The first-order chi connectivity index (χ1) is 9.40. The Balaban J connectivity index is 2.35. The van der Waals surface area contributed by atoms with E-state index >= 15 is 0 Å². The third-order valence-corrected chi connectivity index (χ3v) is 3.22. The van der Waals surface area contributed by atoms with Crippen molar-refractivity contribution in [3.8, 4) is 5.75 Å². The Hall–Kier alpha value is -2.10.